The maximum atomic E-state index is 13.1. The van der Waals surface area contributed by atoms with E-state index in [9.17, 15) is 14.0 Å². The van der Waals surface area contributed by atoms with E-state index in [1.807, 2.05) is 6.92 Å². The maximum Gasteiger partial charge on any atom is 0.261 e. The molecule has 3 aromatic rings. The first-order valence-corrected chi connectivity index (χ1v) is 8.46. The lowest BCUT2D eigenvalue weighted by molar-refractivity contribution is 0.0743. The molecule has 0 aliphatic carbocycles. The third-order valence-corrected chi connectivity index (χ3v) is 4.98. The number of halogens is 1. The minimum Gasteiger partial charge on any atom is -0.335 e. The van der Waals surface area contributed by atoms with Gasteiger partial charge in [0.25, 0.3) is 11.5 Å². The quantitative estimate of drug-likeness (QED) is 0.716. The number of nitrogens with zero attached hydrogens (tertiary/aromatic N) is 2. The molecule has 2 aromatic carbocycles. The van der Waals surface area contributed by atoms with Crippen LogP contribution in [-0.4, -0.2) is 27.4 Å². The summed E-state index contributed by atoms with van der Waals surface area (Å²) in [6.45, 7) is 1.87. The van der Waals surface area contributed by atoms with Crippen LogP contribution >= 0.6 is 12.2 Å². The van der Waals surface area contributed by atoms with Crippen LogP contribution in [0.25, 0.3) is 10.9 Å². The number of aromatic nitrogens is 2. The van der Waals surface area contributed by atoms with Crippen molar-refractivity contribution in [2.45, 2.75) is 13.0 Å². The molecule has 1 amide bonds. The van der Waals surface area contributed by atoms with Crippen molar-refractivity contribution in [3.05, 3.63) is 74.5 Å². The van der Waals surface area contributed by atoms with Crippen LogP contribution in [0.15, 0.2) is 47.3 Å². The molecule has 5 nitrogen and oxygen atoms in total. The minimum atomic E-state index is -0.318. The standard InChI is InChI=1S/C19H18FN3O2S/c1-11(12-4-7-14(20)8-5-12)22(2)17(24)13-6-9-15-16(10-13)21-19(26)23(3)18(15)25/h4-11H,1-3H3,(H,21,26). The number of hydrogen-bond donors (Lipinski definition) is 1. The first kappa shape index (κ1) is 18.0. The van der Waals surface area contributed by atoms with Crippen molar-refractivity contribution in [1.82, 2.24) is 14.5 Å². The number of nitrogens with one attached hydrogen (secondary N) is 1. The van der Waals surface area contributed by atoms with E-state index in [2.05, 4.69) is 4.98 Å². The molecule has 1 heterocycles. The third-order valence-electron chi connectivity index (χ3n) is 4.60. The van der Waals surface area contributed by atoms with Gasteiger partial charge in [-0.3, -0.25) is 14.2 Å². The minimum absolute atomic E-state index is 0.205. The number of aromatic amines is 1. The van der Waals surface area contributed by atoms with E-state index in [1.165, 1.54) is 16.7 Å². The average molecular weight is 371 g/mol. The summed E-state index contributed by atoms with van der Waals surface area (Å²) in [5.74, 6) is -0.523. The molecule has 1 N–H and O–H groups in total. The molecule has 0 spiro atoms. The van der Waals surface area contributed by atoms with Gasteiger partial charge < -0.3 is 9.88 Å². The van der Waals surface area contributed by atoms with Gasteiger partial charge >= 0.3 is 0 Å². The fourth-order valence-corrected chi connectivity index (χ4v) is 2.98. The lowest BCUT2D eigenvalue weighted by atomic mass is 10.1. The van der Waals surface area contributed by atoms with Crippen molar-refractivity contribution in [3.8, 4) is 0 Å². The molecule has 0 aliphatic rings. The van der Waals surface area contributed by atoms with Crippen LogP contribution in [0.2, 0.25) is 0 Å². The maximum absolute atomic E-state index is 13.1. The van der Waals surface area contributed by atoms with Crippen LogP contribution in [-0.2, 0) is 7.05 Å². The van der Waals surface area contributed by atoms with Gasteiger partial charge in [-0.05, 0) is 55.0 Å². The molecule has 0 saturated heterocycles. The highest BCUT2D eigenvalue weighted by Crippen LogP contribution is 2.22. The smallest absolute Gasteiger partial charge is 0.261 e. The molecule has 0 saturated carbocycles. The van der Waals surface area contributed by atoms with Crippen molar-refractivity contribution in [2.24, 2.45) is 7.05 Å². The summed E-state index contributed by atoms with van der Waals surface area (Å²) in [5.41, 5.74) is 1.58. The fourth-order valence-electron chi connectivity index (χ4n) is 2.78. The molecule has 1 unspecified atom stereocenters. The zero-order valence-corrected chi connectivity index (χ0v) is 15.4. The molecule has 1 aromatic heterocycles. The Morgan fingerprint density at radius 1 is 1.23 bits per heavy atom. The Morgan fingerprint density at radius 3 is 2.54 bits per heavy atom. The zero-order valence-electron chi connectivity index (χ0n) is 14.6. The number of carbonyl (C=O) groups excluding carboxylic acids is 1. The second-order valence-electron chi connectivity index (χ2n) is 6.20. The van der Waals surface area contributed by atoms with Crippen molar-refractivity contribution in [2.75, 3.05) is 7.05 Å². The summed E-state index contributed by atoms with van der Waals surface area (Å²) in [5, 5.41) is 0.465. The number of fused-ring (bicyclic) bond motifs is 1. The number of hydrogen-bond acceptors (Lipinski definition) is 3. The number of benzene rings is 2. The fraction of sp³-hybridized carbons (Fsp3) is 0.211. The van der Waals surface area contributed by atoms with Crippen molar-refractivity contribution in [1.29, 1.82) is 0 Å². The topological polar surface area (TPSA) is 58.1 Å². The van der Waals surface area contributed by atoms with E-state index < -0.39 is 0 Å². The molecule has 0 bridgehead atoms. The van der Waals surface area contributed by atoms with Gasteiger partial charge in [0.1, 0.15) is 5.82 Å². The Bertz CT molecular complexity index is 1100. The Kier molecular flexibility index (Phi) is 4.73. The summed E-state index contributed by atoms with van der Waals surface area (Å²) in [6, 6.07) is 10.7. The summed E-state index contributed by atoms with van der Waals surface area (Å²) in [7, 11) is 3.28. The second-order valence-corrected chi connectivity index (χ2v) is 6.58. The Labute approximate surface area is 154 Å². The molecule has 3 rings (SSSR count). The van der Waals surface area contributed by atoms with E-state index >= 15 is 0 Å². The molecule has 1 atom stereocenters. The van der Waals surface area contributed by atoms with Gasteiger partial charge in [0, 0.05) is 19.7 Å². The van der Waals surface area contributed by atoms with E-state index in [0.29, 0.717) is 21.2 Å². The SMILES string of the molecule is CC(c1ccc(F)cc1)N(C)C(=O)c1ccc2c(=O)n(C)c(=S)[nH]c2c1. The number of rotatable bonds is 3. The monoisotopic (exact) mass is 371 g/mol. The van der Waals surface area contributed by atoms with E-state index in [-0.39, 0.29) is 23.3 Å². The number of carbonyl (C=O) groups is 1. The van der Waals surface area contributed by atoms with Gasteiger partial charge in [0.2, 0.25) is 0 Å². The zero-order chi connectivity index (χ0) is 19.0. The summed E-state index contributed by atoms with van der Waals surface area (Å²) in [6.07, 6.45) is 0. The number of H-pyrrole nitrogens is 1. The lowest BCUT2D eigenvalue weighted by Gasteiger charge is -2.25. The van der Waals surface area contributed by atoms with Crippen LogP contribution in [0.1, 0.15) is 28.9 Å². The summed E-state index contributed by atoms with van der Waals surface area (Å²) >= 11 is 5.13. The Balaban J connectivity index is 1.96. The molecular weight excluding hydrogens is 353 g/mol. The molecule has 0 aliphatic heterocycles. The molecule has 7 heteroatoms. The van der Waals surface area contributed by atoms with Crippen LogP contribution < -0.4 is 5.56 Å². The lowest BCUT2D eigenvalue weighted by Crippen LogP contribution is -2.29. The largest absolute Gasteiger partial charge is 0.335 e. The van der Waals surface area contributed by atoms with Crippen LogP contribution in [0.5, 0.6) is 0 Å². The highest BCUT2D eigenvalue weighted by molar-refractivity contribution is 7.71. The first-order chi connectivity index (χ1) is 12.3. The predicted molar refractivity (Wildman–Crippen MR) is 101 cm³/mol. The Morgan fingerprint density at radius 2 is 1.88 bits per heavy atom. The molecule has 0 radical (unpaired) electrons. The predicted octanol–water partition coefficient (Wildman–Crippen LogP) is 3.57. The van der Waals surface area contributed by atoms with Gasteiger partial charge in [-0.25, -0.2) is 4.39 Å². The van der Waals surface area contributed by atoms with Gasteiger partial charge in [0.15, 0.2) is 4.77 Å². The molecular formula is C19H18FN3O2S. The van der Waals surface area contributed by atoms with Crippen molar-refractivity contribution < 1.29 is 9.18 Å². The summed E-state index contributed by atoms with van der Waals surface area (Å²) < 4.78 is 14.7. The normalized spacial score (nSPS) is 12.2. The average Bonchev–Trinajstić information content (AvgIpc) is 2.64. The van der Waals surface area contributed by atoms with Gasteiger partial charge in [-0.15, -0.1) is 0 Å². The molecule has 26 heavy (non-hydrogen) atoms. The van der Waals surface area contributed by atoms with E-state index in [0.717, 1.165) is 5.56 Å². The third kappa shape index (κ3) is 3.17. The Hall–Kier alpha value is -2.80. The molecule has 134 valence electrons. The van der Waals surface area contributed by atoms with Crippen molar-refractivity contribution >= 4 is 29.0 Å². The molecule has 0 fully saturated rings. The van der Waals surface area contributed by atoms with Crippen LogP contribution in [0.3, 0.4) is 0 Å². The highest BCUT2D eigenvalue weighted by atomic mass is 32.1. The second kappa shape index (κ2) is 6.84. The first-order valence-electron chi connectivity index (χ1n) is 8.05. The number of amides is 1. The highest BCUT2D eigenvalue weighted by Gasteiger charge is 2.19. The van der Waals surface area contributed by atoms with Gasteiger partial charge in [-0.2, -0.15) is 0 Å². The van der Waals surface area contributed by atoms with Gasteiger partial charge in [0.05, 0.1) is 16.9 Å². The summed E-state index contributed by atoms with van der Waals surface area (Å²) in [4.78, 5) is 29.6. The van der Waals surface area contributed by atoms with Crippen LogP contribution in [0, 0.1) is 10.6 Å². The van der Waals surface area contributed by atoms with Crippen molar-refractivity contribution in [3.63, 3.8) is 0 Å². The van der Waals surface area contributed by atoms with Crippen LogP contribution in [0.4, 0.5) is 4.39 Å². The van der Waals surface area contributed by atoms with Gasteiger partial charge in [-0.1, -0.05) is 12.1 Å². The van der Waals surface area contributed by atoms with E-state index in [4.69, 9.17) is 12.2 Å². The van der Waals surface area contributed by atoms with E-state index in [1.54, 1.807) is 49.3 Å².